The highest BCUT2D eigenvalue weighted by atomic mass is 15.1. The van der Waals surface area contributed by atoms with Crippen molar-refractivity contribution in [2.24, 2.45) is 5.92 Å². The van der Waals surface area contributed by atoms with Crippen LogP contribution in [0.3, 0.4) is 0 Å². The predicted octanol–water partition coefficient (Wildman–Crippen LogP) is 2.23. The molecule has 1 aromatic rings. The minimum absolute atomic E-state index is 0.786. The summed E-state index contributed by atoms with van der Waals surface area (Å²) in [6.07, 6.45) is 4.42. The van der Waals surface area contributed by atoms with Crippen molar-refractivity contribution >= 4 is 5.82 Å². The van der Waals surface area contributed by atoms with E-state index in [0.29, 0.717) is 0 Å². The number of aromatic nitrogens is 1. The van der Waals surface area contributed by atoms with Crippen LogP contribution in [0.2, 0.25) is 0 Å². The molecule has 0 radical (unpaired) electrons. The van der Waals surface area contributed by atoms with Crippen LogP contribution < -0.4 is 5.32 Å². The van der Waals surface area contributed by atoms with Gasteiger partial charge in [0.05, 0.1) is 0 Å². The Kier molecular flexibility index (Phi) is 4.17. The van der Waals surface area contributed by atoms with Crippen molar-refractivity contribution in [2.45, 2.75) is 19.8 Å². The molecule has 1 fully saturated rings. The van der Waals surface area contributed by atoms with Crippen molar-refractivity contribution in [1.82, 2.24) is 9.88 Å². The van der Waals surface area contributed by atoms with Crippen molar-refractivity contribution < 1.29 is 0 Å². The van der Waals surface area contributed by atoms with Gasteiger partial charge in [-0.2, -0.15) is 0 Å². The molecular formula is C13H21N3. The van der Waals surface area contributed by atoms with E-state index in [1.165, 1.54) is 32.5 Å². The van der Waals surface area contributed by atoms with Crippen molar-refractivity contribution in [3.05, 3.63) is 24.4 Å². The molecule has 1 N–H and O–H groups in total. The summed E-state index contributed by atoms with van der Waals surface area (Å²) >= 11 is 0. The van der Waals surface area contributed by atoms with E-state index in [2.05, 4.69) is 22.1 Å². The van der Waals surface area contributed by atoms with Gasteiger partial charge in [0.25, 0.3) is 0 Å². The zero-order chi connectivity index (χ0) is 11.2. The minimum Gasteiger partial charge on any atom is -0.370 e. The molecule has 1 aliphatic heterocycles. The molecule has 3 nitrogen and oxygen atoms in total. The van der Waals surface area contributed by atoms with E-state index < -0.39 is 0 Å². The molecule has 0 aliphatic carbocycles. The third-order valence-electron chi connectivity index (χ3n) is 3.15. The highest BCUT2D eigenvalue weighted by Crippen LogP contribution is 2.16. The first-order valence-electron chi connectivity index (χ1n) is 6.25. The van der Waals surface area contributed by atoms with Crippen LogP contribution in [0.5, 0.6) is 0 Å². The lowest BCUT2D eigenvalue weighted by atomic mass is 10.1. The Bertz CT molecular complexity index is 299. The van der Waals surface area contributed by atoms with E-state index in [9.17, 15) is 0 Å². The lowest BCUT2D eigenvalue weighted by molar-refractivity contribution is 0.327. The monoisotopic (exact) mass is 219 g/mol. The van der Waals surface area contributed by atoms with Crippen molar-refractivity contribution in [3.63, 3.8) is 0 Å². The van der Waals surface area contributed by atoms with E-state index in [-0.39, 0.29) is 0 Å². The number of hydrogen-bond acceptors (Lipinski definition) is 3. The molecule has 1 saturated heterocycles. The molecule has 1 aliphatic rings. The van der Waals surface area contributed by atoms with Gasteiger partial charge in [-0.05, 0) is 44.0 Å². The standard InChI is InChI=1S/C13H21N3/c1-2-8-16-9-6-12(11-16)10-15-13-5-3-4-7-14-13/h3-5,7,12H,2,6,8-11H2,1H3,(H,14,15). The van der Waals surface area contributed by atoms with Gasteiger partial charge in [0.2, 0.25) is 0 Å². The fourth-order valence-electron chi connectivity index (χ4n) is 2.32. The summed E-state index contributed by atoms with van der Waals surface area (Å²) in [5.74, 6) is 1.78. The quantitative estimate of drug-likeness (QED) is 0.823. The highest BCUT2D eigenvalue weighted by Gasteiger charge is 2.21. The largest absolute Gasteiger partial charge is 0.370 e. The smallest absolute Gasteiger partial charge is 0.125 e. The van der Waals surface area contributed by atoms with Gasteiger partial charge in [-0.3, -0.25) is 0 Å². The van der Waals surface area contributed by atoms with Crippen LogP contribution in [0, 0.1) is 5.92 Å². The molecule has 88 valence electrons. The van der Waals surface area contributed by atoms with E-state index in [1.54, 1.807) is 0 Å². The van der Waals surface area contributed by atoms with Crippen LogP contribution in [-0.2, 0) is 0 Å². The SMILES string of the molecule is CCCN1CCC(CNc2ccccn2)C1. The summed E-state index contributed by atoms with van der Waals surface area (Å²) in [5.41, 5.74) is 0. The fourth-order valence-corrected chi connectivity index (χ4v) is 2.32. The predicted molar refractivity (Wildman–Crippen MR) is 67.6 cm³/mol. The minimum atomic E-state index is 0.786. The van der Waals surface area contributed by atoms with Gasteiger partial charge in [-0.25, -0.2) is 4.98 Å². The van der Waals surface area contributed by atoms with Crippen LogP contribution in [0.15, 0.2) is 24.4 Å². The normalized spacial score (nSPS) is 21.2. The van der Waals surface area contributed by atoms with Gasteiger partial charge in [-0.15, -0.1) is 0 Å². The molecule has 1 atom stereocenters. The van der Waals surface area contributed by atoms with Gasteiger partial charge >= 0.3 is 0 Å². The number of pyridine rings is 1. The first-order valence-corrected chi connectivity index (χ1v) is 6.25. The average Bonchev–Trinajstić information content (AvgIpc) is 2.76. The summed E-state index contributed by atoms with van der Waals surface area (Å²) in [4.78, 5) is 6.83. The van der Waals surface area contributed by atoms with Gasteiger partial charge in [-0.1, -0.05) is 13.0 Å². The number of nitrogens with zero attached hydrogens (tertiary/aromatic N) is 2. The van der Waals surface area contributed by atoms with E-state index in [0.717, 1.165) is 18.3 Å². The Morgan fingerprint density at radius 1 is 1.50 bits per heavy atom. The van der Waals surface area contributed by atoms with Crippen LogP contribution in [0.25, 0.3) is 0 Å². The molecule has 16 heavy (non-hydrogen) atoms. The Labute approximate surface area is 97.9 Å². The highest BCUT2D eigenvalue weighted by molar-refractivity contribution is 5.33. The summed E-state index contributed by atoms with van der Waals surface area (Å²) in [5, 5.41) is 3.41. The van der Waals surface area contributed by atoms with Gasteiger partial charge in [0.1, 0.15) is 5.82 Å². The van der Waals surface area contributed by atoms with Gasteiger partial charge < -0.3 is 10.2 Å². The topological polar surface area (TPSA) is 28.2 Å². The lowest BCUT2D eigenvalue weighted by Crippen LogP contribution is -2.23. The number of rotatable bonds is 5. The zero-order valence-corrected chi connectivity index (χ0v) is 10.0. The molecule has 2 heterocycles. The molecule has 0 spiro atoms. The lowest BCUT2D eigenvalue weighted by Gasteiger charge is -2.15. The van der Waals surface area contributed by atoms with Crippen molar-refractivity contribution in [1.29, 1.82) is 0 Å². The van der Waals surface area contributed by atoms with E-state index in [1.807, 2.05) is 24.4 Å². The number of hydrogen-bond donors (Lipinski definition) is 1. The van der Waals surface area contributed by atoms with Crippen molar-refractivity contribution in [3.8, 4) is 0 Å². The average molecular weight is 219 g/mol. The van der Waals surface area contributed by atoms with Crippen LogP contribution in [0.4, 0.5) is 5.82 Å². The van der Waals surface area contributed by atoms with Crippen molar-refractivity contribution in [2.75, 3.05) is 31.5 Å². The maximum atomic E-state index is 4.27. The van der Waals surface area contributed by atoms with Crippen LogP contribution in [0.1, 0.15) is 19.8 Å². The molecule has 1 aromatic heterocycles. The second-order valence-electron chi connectivity index (χ2n) is 4.55. The Morgan fingerprint density at radius 2 is 2.44 bits per heavy atom. The molecule has 0 bridgehead atoms. The summed E-state index contributed by atoms with van der Waals surface area (Å²) < 4.78 is 0. The first kappa shape index (κ1) is 11.4. The molecule has 1 unspecified atom stereocenters. The van der Waals surface area contributed by atoms with Crippen LogP contribution >= 0.6 is 0 Å². The molecule has 0 amide bonds. The maximum absolute atomic E-state index is 4.27. The molecule has 3 heteroatoms. The number of likely N-dealkylation sites (tertiary alicyclic amines) is 1. The second kappa shape index (κ2) is 5.85. The summed E-state index contributed by atoms with van der Waals surface area (Å²) in [6.45, 7) is 7.06. The van der Waals surface area contributed by atoms with Crippen LogP contribution in [-0.4, -0.2) is 36.1 Å². The van der Waals surface area contributed by atoms with E-state index >= 15 is 0 Å². The third kappa shape index (κ3) is 3.20. The first-order chi connectivity index (χ1) is 7.88. The fraction of sp³-hybridized carbons (Fsp3) is 0.615. The Morgan fingerprint density at radius 3 is 3.19 bits per heavy atom. The molecule has 0 aromatic carbocycles. The number of nitrogens with one attached hydrogen (secondary N) is 1. The Hall–Kier alpha value is -1.09. The molecule has 2 rings (SSSR count). The summed E-state index contributed by atoms with van der Waals surface area (Å²) in [6, 6.07) is 6.00. The maximum Gasteiger partial charge on any atom is 0.125 e. The summed E-state index contributed by atoms with van der Waals surface area (Å²) in [7, 11) is 0. The van der Waals surface area contributed by atoms with Gasteiger partial charge in [0.15, 0.2) is 0 Å². The molecular weight excluding hydrogens is 198 g/mol. The second-order valence-corrected chi connectivity index (χ2v) is 4.55. The molecule has 0 saturated carbocycles. The number of anilines is 1. The Balaban J connectivity index is 1.72. The van der Waals surface area contributed by atoms with E-state index in [4.69, 9.17) is 0 Å². The third-order valence-corrected chi connectivity index (χ3v) is 3.15. The zero-order valence-electron chi connectivity index (χ0n) is 10.0. The van der Waals surface area contributed by atoms with Gasteiger partial charge in [0, 0.05) is 19.3 Å².